The molecule has 1 amide bonds. The molecule has 5 nitrogen and oxygen atoms in total. The lowest BCUT2D eigenvalue weighted by Crippen LogP contribution is -2.23. The smallest absolute Gasteiger partial charge is 0.404 e. The van der Waals surface area contributed by atoms with E-state index in [0.717, 1.165) is 12.8 Å². The van der Waals surface area contributed by atoms with Crippen molar-refractivity contribution in [1.29, 1.82) is 0 Å². The first-order valence-electron chi connectivity index (χ1n) is 4.68. The monoisotopic (exact) mass is 203 g/mol. The highest BCUT2D eigenvalue weighted by atomic mass is 16.6. The number of esters is 1. The first-order valence-corrected chi connectivity index (χ1v) is 4.68. The van der Waals surface area contributed by atoms with Gasteiger partial charge in [0.1, 0.15) is 6.10 Å². The van der Waals surface area contributed by atoms with Crippen molar-refractivity contribution in [2.45, 2.75) is 39.2 Å². The summed E-state index contributed by atoms with van der Waals surface area (Å²) < 4.78 is 9.43. The van der Waals surface area contributed by atoms with E-state index >= 15 is 0 Å². The van der Waals surface area contributed by atoms with Crippen LogP contribution in [-0.2, 0) is 14.3 Å². The van der Waals surface area contributed by atoms with E-state index in [1.165, 1.54) is 0 Å². The third-order valence-electron chi connectivity index (χ3n) is 1.53. The van der Waals surface area contributed by atoms with Crippen LogP contribution in [0.15, 0.2) is 0 Å². The normalized spacial score (nSPS) is 11.9. The van der Waals surface area contributed by atoms with Crippen LogP contribution in [0.1, 0.15) is 33.1 Å². The fourth-order valence-corrected chi connectivity index (χ4v) is 0.864. The minimum absolute atomic E-state index is 0.0483. The Morgan fingerprint density at radius 1 is 1.43 bits per heavy atom. The summed E-state index contributed by atoms with van der Waals surface area (Å²) in [7, 11) is 0. The Labute approximate surface area is 83.5 Å². The van der Waals surface area contributed by atoms with Gasteiger partial charge in [-0.15, -0.1) is 0 Å². The molecule has 0 aromatic carbocycles. The maximum Gasteiger partial charge on any atom is 0.404 e. The van der Waals surface area contributed by atoms with Crippen molar-refractivity contribution >= 4 is 12.1 Å². The van der Waals surface area contributed by atoms with Crippen LogP contribution in [0.3, 0.4) is 0 Å². The maximum atomic E-state index is 11.1. The molecule has 0 aliphatic heterocycles. The number of hydrogen-bond donors (Lipinski definition) is 1. The first-order chi connectivity index (χ1) is 6.56. The van der Waals surface area contributed by atoms with E-state index in [4.69, 9.17) is 10.5 Å². The van der Waals surface area contributed by atoms with Gasteiger partial charge >= 0.3 is 12.1 Å². The number of primary amides is 1. The fourth-order valence-electron chi connectivity index (χ4n) is 0.864. The van der Waals surface area contributed by atoms with Gasteiger partial charge in [-0.2, -0.15) is 0 Å². The average molecular weight is 203 g/mol. The Bertz CT molecular complexity index is 193. The second kappa shape index (κ2) is 7.17. The zero-order valence-electron chi connectivity index (χ0n) is 8.62. The number of amides is 1. The highest BCUT2D eigenvalue weighted by Crippen LogP contribution is 2.00. The van der Waals surface area contributed by atoms with Crippen LogP contribution in [-0.4, -0.2) is 24.8 Å². The second-order valence-electron chi connectivity index (χ2n) is 3.03. The van der Waals surface area contributed by atoms with Gasteiger partial charge in [0.25, 0.3) is 0 Å². The highest BCUT2D eigenvalue weighted by molar-refractivity contribution is 5.71. The van der Waals surface area contributed by atoms with Gasteiger partial charge in [-0.25, -0.2) is 4.79 Å². The molecule has 82 valence electrons. The van der Waals surface area contributed by atoms with E-state index in [2.05, 4.69) is 4.74 Å². The Balaban J connectivity index is 3.55. The van der Waals surface area contributed by atoms with Gasteiger partial charge in [0.2, 0.25) is 0 Å². The van der Waals surface area contributed by atoms with E-state index in [1.54, 1.807) is 6.92 Å². The van der Waals surface area contributed by atoms with Crippen LogP contribution < -0.4 is 5.73 Å². The molecule has 5 heteroatoms. The molecule has 0 aromatic rings. The number of rotatable bonds is 6. The van der Waals surface area contributed by atoms with Gasteiger partial charge in [-0.1, -0.05) is 13.3 Å². The van der Waals surface area contributed by atoms with Gasteiger partial charge in [0.05, 0.1) is 13.0 Å². The number of ether oxygens (including phenoxy) is 2. The van der Waals surface area contributed by atoms with Crippen LogP contribution in [0.5, 0.6) is 0 Å². The van der Waals surface area contributed by atoms with Crippen molar-refractivity contribution in [2.75, 3.05) is 6.61 Å². The van der Waals surface area contributed by atoms with E-state index in [1.807, 2.05) is 6.92 Å². The number of nitrogens with two attached hydrogens (primary N) is 1. The minimum atomic E-state index is -0.876. The second-order valence-corrected chi connectivity index (χ2v) is 3.03. The molecule has 0 rings (SSSR count). The molecule has 1 atom stereocenters. The topological polar surface area (TPSA) is 78.6 Å². The maximum absolute atomic E-state index is 11.1. The molecule has 1 unspecified atom stereocenters. The van der Waals surface area contributed by atoms with Crippen molar-refractivity contribution in [1.82, 2.24) is 0 Å². The molecular formula is C9H17NO4. The number of carbonyl (C=O) groups is 2. The summed E-state index contributed by atoms with van der Waals surface area (Å²) in [5.74, 6) is -0.368. The first kappa shape index (κ1) is 12.7. The van der Waals surface area contributed by atoms with Crippen molar-refractivity contribution in [3.63, 3.8) is 0 Å². The molecule has 0 fully saturated rings. The molecular weight excluding hydrogens is 186 g/mol. The lowest BCUT2D eigenvalue weighted by Gasteiger charge is -2.10. The molecule has 0 aliphatic carbocycles. The quantitative estimate of drug-likeness (QED) is 0.519. The zero-order valence-corrected chi connectivity index (χ0v) is 8.62. The van der Waals surface area contributed by atoms with Crippen LogP contribution in [0.25, 0.3) is 0 Å². The highest BCUT2D eigenvalue weighted by Gasteiger charge is 2.12. The molecule has 0 bridgehead atoms. The van der Waals surface area contributed by atoms with Crippen LogP contribution in [0, 0.1) is 0 Å². The number of hydrogen-bond acceptors (Lipinski definition) is 4. The Morgan fingerprint density at radius 3 is 2.57 bits per heavy atom. The van der Waals surface area contributed by atoms with Crippen LogP contribution >= 0.6 is 0 Å². The molecule has 0 aliphatic rings. The minimum Gasteiger partial charge on any atom is -0.466 e. The fraction of sp³-hybridized carbons (Fsp3) is 0.778. The summed E-state index contributed by atoms with van der Waals surface area (Å²) in [5, 5.41) is 0. The van der Waals surface area contributed by atoms with Gasteiger partial charge in [0.15, 0.2) is 0 Å². The zero-order chi connectivity index (χ0) is 11.0. The van der Waals surface area contributed by atoms with Crippen LogP contribution in [0.4, 0.5) is 4.79 Å². The third-order valence-corrected chi connectivity index (χ3v) is 1.53. The summed E-state index contributed by atoms with van der Waals surface area (Å²) in [6, 6.07) is 0. The molecule has 0 radical (unpaired) electrons. The van der Waals surface area contributed by atoms with E-state index < -0.39 is 12.2 Å². The Morgan fingerprint density at radius 2 is 2.07 bits per heavy atom. The van der Waals surface area contributed by atoms with Gasteiger partial charge in [-0.05, 0) is 13.3 Å². The molecule has 14 heavy (non-hydrogen) atoms. The molecule has 0 saturated heterocycles. The lowest BCUT2D eigenvalue weighted by molar-refractivity contribution is -0.145. The van der Waals surface area contributed by atoms with E-state index in [9.17, 15) is 9.59 Å². The molecule has 0 aromatic heterocycles. The summed E-state index contributed by atoms with van der Waals surface area (Å²) in [6.45, 7) is 4.01. The number of unbranched alkanes of at least 4 members (excludes halogenated alkanes) is 1. The largest absolute Gasteiger partial charge is 0.466 e. The summed E-state index contributed by atoms with van der Waals surface area (Å²) in [6.07, 6.45) is 0.463. The van der Waals surface area contributed by atoms with Crippen LogP contribution in [0.2, 0.25) is 0 Å². The van der Waals surface area contributed by atoms with E-state index in [-0.39, 0.29) is 12.4 Å². The molecule has 0 spiro atoms. The summed E-state index contributed by atoms with van der Waals surface area (Å²) in [4.78, 5) is 21.4. The Kier molecular flexibility index (Phi) is 6.53. The van der Waals surface area contributed by atoms with Gasteiger partial charge < -0.3 is 15.2 Å². The predicted molar refractivity (Wildman–Crippen MR) is 50.6 cm³/mol. The average Bonchev–Trinajstić information content (AvgIpc) is 2.02. The summed E-state index contributed by atoms with van der Waals surface area (Å²) in [5.41, 5.74) is 4.78. The third kappa shape index (κ3) is 7.39. The van der Waals surface area contributed by atoms with E-state index in [0.29, 0.717) is 6.61 Å². The van der Waals surface area contributed by atoms with Crippen molar-refractivity contribution in [3.05, 3.63) is 0 Å². The number of carbonyl (C=O) groups excluding carboxylic acids is 2. The van der Waals surface area contributed by atoms with Crippen molar-refractivity contribution < 1.29 is 19.1 Å². The Hall–Kier alpha value is -1.26. The van der Waals surface area contributed by atoms with Crippen molar-refractivity contribution in [2.24, 2.45) is 5.73 Å². The molecule has 0 saturated carbocycles. The van der Waals surface area contributed by atoms with Gasteiger partial charge in [-0.3, -0.25) is 4.79 Å². The summed E-state index contributed by atoms with van der Waals surface area (Å²) >= 11 is 0. The SMILES string of the molecule is CCCCOC(=O)CC(C)OC(N)=O. The molecule has 0 heterocycles. The van der Waals surface area contributed by atoms with Gasteiger partial charge in [0, 0.05) is 0 Å². The molecule has 2 N–H and O–H groups in total. The predicted octanol–water partition coefficient (Wildman–Crippen LogP) is 1.20. The lowest BCUT2D eigenvalue weighted by atomic mass is 10.3. The van der Waals surface area contributed by atoms with Crippen molar-refractivity contribution in [3.8, 4) is 0 Å². The standard InChI is InChI=1S/C9H17NO4/c1-3-4-5-13-8(11)6-7(2)14-9(10)12/h7H,3-6H2,1-2H3,(H2,10,12).